The molecule has 0 aliphatic heterocycles. The van der Waals surface area contributed by atoms with Gasteiger partial charge in [-0.2, -0.15) is 0 Å². The Hall–Kier alpha value is -1.55. The van der Waals surface area contributed by atoms with Crippen molar-refractivity contribution in [1.29, 1.82) is 0 Å². The summed E-state index contributed by atoms with van der Waals surface area (Å²) in [6.45, 7) is 6.18. The molecule has 17 heavy (non-hydrogen) atoms. The third-order valence-electron chi connectivity index (χ3n) is 2.73. The van der Waals surface area contributed by atoms with E-state index in [2.05, 4.69) is 44.8 Å². The highest BCUT2D eigenvalue weighted by molar-refractivity contribution is 5.09. The highest BCUT2D eigenvalue weighted by atomic mass is 15.0. The zero-order valence-corrected chi connectivity index (χ0v) is 10.3. The van der Waals surface area contributed by atoms with E-state index in [0.717, 1.165) is 26.2 Å². The Morgan fingerprint density at radius 3 is 2.94 bits per heavy atom. The van der Waals surface area contributed by atoms with E-state index in [9.17, 15) is 0 Å². The monoisotopic (exact) mass is 232 g/mol. The van der Waals surface area contributed by atoms with Gasteiger partial charge in [0.05, 0.1) is 6.33 Å². The zero-order valence-electron chi connectivity index (χ0n) is 10.3. The van der Waals surface area contributed by atoms with Crippen LogP contribution in [0.5, 0.6) is 0 Å². The molecule has 2 aromatic heterocycles. The number of hydrogen-bond donors (Lipinski definition) is 1. The summed E-state index contributed by atoms with van der Waals surface area (Å²) in [7, 11) is 0. The lowest BCUT2D eigenvalue weighted by atomic mass is 10.3. The van der Waals surface area contributed by atoms with Gasteiger partial charge < -0.3 is 14.5 Å². The summed E-state index contributed by atoms with van der Waals surface area (Å²) in [5.74, 6) is 0. The van der Waals surface area contributed by atoms with Gasteiger partial charge in [-0.15, -0.1) is 0 Å². The van der Waals surface area contributed by atoms with E-state index in [1.54, 1.807) is 0 Å². The molecule has 0 fully saturated rings. The average molecular weight is 232 g/mol. The Balaban J connectivity index is 1.67. The molecule has 0 spiro atoms. The summed E-state index contributed by atoms with van der Waals surface area (Å²) >= 11 is 0. The van der Waals surface area contributed by atoms with E-state index in [0.29, 0.717) is 0 Å². The predicted octanol–water partition coefficient (Wildman–Crippen LogP) is 1.88. The largest absolute Gasteiger partial charge is 0.354 e. The van der Waals surface area contributed by atoms with Crippen molar-refractivity contribution in [3.63, 3.8) is 0 Å². The topological polar surface area (TPSA) is 34.8 Å². The Morgan fingerprint density at radius 1 is 1.24 bits per heavy atom. The predicted molar refractivity (Wildman–Crippen MR) is 68.7 cm³/mol. The van der Waals surface area contributed by atoms with Crippen LogP contribution in [-0.4, -0.2) is 20.7 Å². The summed E-state index contributed by atoms with van der Waals surface area (Å²) in [6, 6.07) is 2.18. The van der Waals surface area contributed by atoms with Crippen LogP contribution in [0, 0.1) is 0 Å². The van der Waals surface area contributed by atoms with Crippen LogP contribution in [0.25, 0.3) is 0 Å². The van der Waals surface area contributed by atoms with Crippen molar-refractivity contribution in [1.82, 2.24) is 19.4 Å². The molecule has 1 N–H and O–H groups in total. The summed E-state index contributed by atoms with van der Waals surface area (Å²) in [4.78, 5) is 4.01. The SMILES string of the molecule is CCCn1ccc(CNCCn2ccnc2)c1. The maximum absolute atomic E-state index is 4.01. The molecular formula is C13H20N4. The van der Waals surface area contributed by atoms with Crippen molar-refractivity contribution < 1.29 is 0 Å². The molecule has 0 saturated carbocycles. The molecule has 0 radical (unpaired) electrons. The molecule has 0 unspecified atom stereocenters. The van der Waals surface area contributed by atoms with Crippen LogP contribution in [0.4, 0.5) is 0 Å². The minimum atomic E-state index is 0.936. The van der Waals surface area contributed by atoms with Crippen LogP contribution in [0.1, 0.15) is 18.9 Å². The molecule has 4 nitrogen and oxygen atoms in total. The molecule has 2 heterocycles. The fourth-order valence-electron chi connectivity index (χ4n) is 1.85. The second kappa shape index (κ2) is 6.25. The van der Waals surface area contributed by atoms with Gasteiger partial charge >= 0.3 is 0 Å². The smallest absolute Gasteiger partial charge is 0.0946 e. The molecular weight excluding hydrogens is 212 g/mol. The maximum atomic E-state index is 4.01. The van der Waals surface area contributed by atoms with Crippen molar-refractivity contribution in [2.24, 2.45) is 0 Å². The highest BCUT2D eigenvalue weighted by Crippen LogP contribution is 2.01. The van der Waals surface area contributed by atoms with Crippen molar-refractivity contribution >= 4 is 0 Å². The van der Waals surface area contributed by atoms with Crippen LogP contribution in [0.15, 0.2) is 37.2 Å². The molecule has 92 valence electrons. The summed E-state index contributed by atoms with van der Waals surface area (Å²) in [5, 5.41) is 3.43. The van der Waals surface area contributed by atoms with Crippen molar-refractivity contribution in [2.45, 2.75) is 33.0 Å². The van der Waals surface area contributed by atoms with Crippen LogP contribution in [0.2, 0.25) is 0 Å². The summed E-state index contributed by atoms with van der Waals surface area (Å²) in [5.41, 5.74) is 1.35. The molecule has 0 aromatic carbocycles. The van der Waals surface area contributed by atoms with Gasteiger partial charge in [-0.1, -0.05) is 6.92 Å². The lowest BCUT2D eigenvalue weighted by Crippen LogP contribution is -2.18. The second-order valence-electron chi connectivity index (χ2n) is 4.23. The maximum Gasteiger partial charge on any atom is 0.0946 e. The van der Waals surface area contributed by atoms with Crippen molar-refractivity contribution in [3.05, 3.63) is 42.7 Å². The molecule has 2 rings (SSSR count). The lowest BCUT2D eigenvalue weighted by molar-refractivity contribution is 0.596. The number of aryl methyl sites for hydroxylation is 1. The first kappa shape index (κ1) is 11.9. The van der Waals surface area contributed by atoms with Gasteiger partial charge in [-0.05, 0) is 18.1 Å². The average Bonchev–Trinajstić information content (AvgIpc) is 2.96. The third-order valence-corrected chi connectivity index (χ3v) is 2.73. The molecule has 0 saturated heterocycles. The summed E-state index contributed by atoms with van der Waals surface area (Å²) < 4.78 is 4.32. The molecule has 0 aliphatic carbocycles. The Morgan fingerprint density at radius 2 is 2.18 bits per heavy atom. The van der Waals surface area contributed by atoms with Gasteiger partial charge in [0.1, 0.15) is 0 Å². The lowest BCUT2D eigenvalue weighted by Gasteiger charge is -2.04. The molecule has 0 atom stereocenters. The number of aromatic nitrogens is 3. The van der Waals surface area contributed by atoms with Gasteiger partial charge in [0.15, 0.2) is 0 Å². The van der Waals surface area contributed by atoms with Crippen LogP contribution < -0.4 is 5.32 Å². The number of nitrogens with zero attached hydrogens (tertiary/aromatic N) is 3. The highest BCUT2D eigenvalue weighted by Gasteiger charge is 1.96. The van der Waals surface area contributed by atoms with Gasteiger partial charge in [-0.25, -0.2) is 4.98 Å². The van der Waals surface area contributed by atoms with Gasteiger partial charge in [-0.3, -0.25) is 0 Å². The first-order chi connectivity index (χ1) is 8.38. The fourth-order valence-corrected chi connectivity index (χ4v) is 1.85. The van der Waals surface area contributed by atoms with Crippen LogP contribution in [0.3, 0.4) is 0 Å². The van der Waals surface area contributed by atoms with E-state index >= 15 is 0 Å². The van der Waals surface area contributed by atoms with E-state index in [-0.39, 0.29) is 0 Å². The molecule has 2 aromatic rings. The Labute approximate surface area is 102 Å². The number of nitrogens with one attached hydrogen (secondary N) is 1. The number of hydrogen-bond acceptors (Lipinski definition) is 2. The van der Waals surface area contributed by atoms with Crippen molar-refractivity contribution in [2.75, 3.05) is 6.54 Å². The first-order valence-electron chi connectivity index (χ1n) is 6.19. The quantitative estimate of drug-likeness (QED) is 0.740. The standard InChI is InChI=1S/C13H20N4/c1-2-6-16-7-3-13(11-16)10-14-4-8-17-9-5-15-12-17/h3,5,7,9,11-12,14H,2,4,6,8,10H2,1H3. The second-order valence-corrected chi connectivity index (χ2v) is 4.23. The summed E-state index contributed by atoms with van der Waals surface area (Å²) in [6.07, 6.45) is 11.2. The molecule has 0 aliphatic rings. The molecule has 0 amide bonds. The normalized spacial score (nSPS) is 10.9. The third kappa shape index (κ3) is 3.75. The zero-order chi connectivity index (χ0) is 11.9. The first-order valence-corrected chi connectivity index (χ1v) is 6.19. The number of rotatable bonds is 7. The minimum absolute atomic E-state index is 0.936. The Bertz CT molecular complexity index is 416. The van der Waals surface area contributed by atoms with Crippen LogP contribution >= 0.6 is 0 Å². The molecule has 0 bridgehead atoms. The fraction of sp³-hybridized carbons (Fsp3) is 0.462. The van der Waals surface area contributed by atoms with Gasteiger partial charge in [0.2, 0.25) is 0 Å². The minimum Gasteiger partial charge on any atom is -0.354 e. The van der Waals surface area contributed by atoms with Crippen molar-refractivity contribution in [3.8, 4) is 0 Å². The number of imidazole rings is 1. The molecule has 4 heteroatoms. The van der Waals surface area contributed by atoms with E-state index in [1.165, 1.54) is 12.0 Å². The van der Waals surface area contributed by atoms with E-state index < -0.39 is 0 Å². The van der Waals surface area contributed by atoms with E-state index in [4.69, 9.17) is 0 Å². The van der Waals surface area contributed by atoms with Gasteiger partial charge in [0.25, 0.3) is 0 Å². The van der Waals surface area contributed by atoms with Gasteiger partial charge in [0, 0.05) is 51.0 Å². The Kier molecular flexibility index (Phi) is 4.38. The van der Waals surface area contributed by atoms with E-state index in [1.807, 2.05) is 18.7 Å². The van der Waals surface area contributed by atoms with Crippen LogP contribution in [-0.2, 0) is 19.6 Å².